The van der Waals surface area contributed by atoms with Crippen molar-refractivity contribution in [1.82, 2.24) is 4.90 Å². The van der Waals surface area contributed by atoms with Crippen LogP contribution in [0.25, 0.3) is 0 Å². The highest BCUT2D eigenvalue weighted by molar-refractivity contribution is 7.99. The van der Waals surface area contributed by atoms with Gasteiger partial charge in [-0.05, 0) is 12.2 Å². The van der Waals surface area contributed by atoms with Crippen LogP contribution in [-0.2, 0) is 9.53 Å². The van der Waals surface area contributed by atoms with Gasteiger partial charge < -0.3 is 9.64 Å². The molecule has 3 nitrogen and oxygen atoms in total. The highest BCUT2D eigenvalue weighted by atomic mass is 32.2. The first kappa shape index (κ1) is 11.9. The second-order valence-electron chi connectivity index (χ2n) is 3.40. The molecule has 0 aromatic rings. The number of nitrogens with zero attached hydrogens (tertiary/aromatic N) is 1. The Labute approximate surface area is 90.2 Å². The molecule has 14 heavy (non-hydrogen) atoms. The number of thioether (sulfide) groups is 1. The van der Waals surface area contributed by atoms with E-state index < -0.39 is 0 Å². The average molecular weight is 217 g/mol. The van der Waals surface area contributed by atoms with E-state index in [0.29, 0.717) is 19.0 Å². The van der Waals surface area contributed by atoms with Gasteiger partial charge in [0.15, 0.2) is 0 Å². The Morgan fingerprint density at radius 3 is 2.79 bits per heavy atom. The summed E-state index contributed by atoms with van der Waals surface area (Å²) in [4.78, 5) is 13.5. The number of amides is 1. The first-order valence-corrected chi connectivity index (χ1v) is 6.43. The Balaban J connectivity index is 2.07. The van der Waals surface area contributed by atoms with Crippen molar-refractivity contribution in [2.45, 2.75) is 19.8 Å². The minimum Gasteiger partial charge on any atom is -0.378 e. The van der Waals surface area contributed by atoms with Crippen molar-refractivity contribution >= 4 is 17.7 Å². The van der Waals surface area contributed by atoms with Crippen LogP contribution in [0.5, 0.6) is 0 Å². The normalized spacial score (nSPS) is 17.1. The van der Waals surface area contributed by atoms with E-state index in [-0.39, 0.29) is 5.91 Å². The van der Waals surface area contributed by atoms with E-state index in [2.05, 4.69) is 6.92 Å². The Morgan fingerprint density at radius 1 is 1.43 bits per heavy atom. The molecule has 0 spiro atoms. The van der Waals surface area contributed by atoms with Gasteiger partial charge in [-0.1, -0.05) is 13.3 Å². The van der Waals surface area contributed by atoms with Crippen molar-refractivity contribution in [3.05, 3.63) is 0 Å². The van der Waals surface area contributed by atoms with Gasteiger partial charge in [-0.2, -0.15) is 11.8 Å². The fourth-order valence-corrected chi connectivity index (χ4v) is 2.30. The maximum Gasteiger partial charge on any atom is 0.232 e. The number of ether oxygens (including phenoxy) is 1. The number of hydrogen-bond donors (Lipinski definition) is 0. The van der Waals surface area contributed by atoms with Crippen LogP contribution < -0.4 is 0 Å². The van der Waals surface area contributed by atoms with Crippen LogP contribution in [0.3, 0.4) is 0 Å². The van der Waals surface area contributed by atoms with Crippen LogP contribution in [0.1, 0.15) is 19.8 Å². The summed E-state index contributed by atoms with van der Waals surface area (Å²) < 4.78 is 5.19. The largest absolute Gasteiger partial charge is 0.378 e. The Hall–Kier alpha value is -0.220. The van der Waals surface area contributed by atoms with Crippen LogP contribution in [0.4, 0.5) is 0 Å². The molecule has 0 aliphatic carbocycles. The summed E-state index contributed by atoms with van der Waals surface area (Å²) in [5, 5.41) is 0. The van der Waals surface area contributed by atoms with Crippen LogP contribution in [-0.4, -0.2) is 48.6 Å². The van der Waals surface area contributed by atoms with Gasteiger partial charge in [0.1, 0.15) is 0 Å². The molecular weight excluding hydrogens is 198 g/mol. The van der Waals surface area contributed by atoms with Gasteiger partial charge in [0.2, 0.25) is 5.91 Å². The number of morpholine rings is 1. The molecule has 1 saturated heterocycles. The summed E-state index contributed by atoms with van der Waals surface area (Å²) in [6.45, 7) is 5.11. The standard InChI is InChI=1S/C10H19NO2S/c1-2-3-8-14-9-10(12)11-4-6-13-7-5-11/h2-9H2,1H3. The number of carbonyl (C=O) groups excluding carboxylic acids is 1. The molecular formula is C10H19NO2S. The predicted molar refractivity (Wildman–Crippen MR) is 59.6 cm³/mol. The quantitative estimate of drug-likeness (QED) is 0.652. The van der Waals surface area contributed by atoms with Crippen molar-refractivity contribution in [2.75, 3.05) is 37.8 Å². The SMILES string of the molecule is CCCCSCC(=O)N1CCOCC1. The third kappa shape index (κ3) is 4.33. The smallest absolute Gasteiger partial charge is 0.232 e. The van der Waals surface area contributed by atoms with E-state index in [1.165, 1.54) is 12.8 Å². The molecule has 1 aliphatic heterocycles. The monoisotopic (exact) mass is 217 g/mol. The van der Waals surface area contributed by atoms with Gasteiger partial charge in [-0.3, -0.25) is 4.79 Å². The summed E-state index contributed by atoms with van der Waals surface area (Å²) in [6.07, 6.45) is 2.42. The number of carbonyl (C=O) groups is 1. The zero-order valence-corrected chi connectivity index (χ0v) is 9.65. The molecule has 1 aliphatic rings. The molecule has 0 saturated carbocycles. The van der Waals surface area contributed by atoms with E-state index >= 15 is 0 Å². The molecule has 82 valence electrons. The van der Waals surface area contributed by atoms with E-state index in [0.717, 1.165) is 18.8 Å². The van der Waals surface area contributed by atoms with Gasteiger partial charge in [0.25, 0.3) is 0 Å². The highest BCUT2D eigenvalue weighted by Gasteiger charge is 2.15. The summed E-state index contributed by atoms with van der Waals surface area (Å²) in [5.41, 5.74) is 0. The lowest BCUT2D eigenvalue weighted by Crippen LogP contribution is -2.41. The van der Waals surface area contributed by atoms with Crippen LogP contribution >= 0.6 is 11.8 Å². The molecule has 0 bridgehead atoms. The molecule has 1 amide bonds. The maximum absolute atomic E-state index is 11.6. The summed E-state index contributed by atoms with van der Waals surface area (Å²) >= 11 is 1.75. The van der Waals surface area contributed by atoms with Gasteiger partial charge in [-0.15, -0.1) is 0 Å². The minimum atomic E-state index is 0.273. The first-order valence-electron chi connectivity index (χ1n) is 5.28. The lowest BCUT2D eigenvalue weighted by Gasteiger charge is -2.26. The van der Waals surface area contributed by atoms with Crippen LogP contribution in [0.2, 0.25) is 0 Å². The molecule has 0 atom stereocenters. The number of unbranched alkanes of at least 4 members (excludes halogenated alkanes) is 1. The van der Waals surface area contributed by atoms with Crippen molar-refractivity contribution < 1.29 is 9.53 Å². The molecule has 0 radical (unpaired) electrons. The molecule has 0 N–H and O–H groups in total. The number of hydrogen-bond acceptors (Lipinski definition) is 3. The number of rotatable bonds is 5. The van der Waals surface area contributed by atoms with Crippen molar-refractivity contribution in [1.29, 1.82) is 0 Å². The summed E-state index contributed by atoms with van der Waals surface area (Å²) in [6, 6.07) is 0. The first-order chi connectivity index (χ1) is 6.84. The fraction of sp³-hybridized carbons (Fsp3) is 0.900. The predicted octanol–water partition coefficient (Wildman–Crippen LogP) is 1.38. The third-order valence-electron chi connectivity index (χ3n) is 2.23. The maximum atomic E-state index is 11.6. The zero-order chi connectivity index (χ0) is 10.2. The van der Waals surface area contributed by atoms with Crippen LogP contribution in [0.15, 0.2) is 0 Å². The molecule has 0 aromatic carbocycles. The van der Waals surface area contributed by atoms with Gasteiger partial charge >= 0.3 is 0 Å². The Morgan fingerprint density at radius 2 is 2.14 bits per heavy atom. The second-order valence-corrected chi connectivity index (χ2v) is 4.50. The molecule has 4 heteroatoms. The summed E-state index contributed by atoms with van der Waals surface area (Å²) in [5.74, 6) is 2.02. The average Bonchev–Trinajstić information content (AvgIpc) is 2.25. The second kappa shape index (κ2) is 7.12. The lowest BCUT2D eigenvalue weighted by molar-refractivity contribution is -0.132. The van der Waals surface area contributed by atoms with Crippen molar-refractivity contribution in [3.8, 4) is 0 Å². The Kier molecular flexibility index (Phi) is 6.03. The molecule has 0 aromatic heterocycles. The third-order valence-corrected chi connectivity index (χ3v) is 3.26. The van der Waals surface area contributed by atoms with Crippen molar-refractivity contribution in [2.24, 2.45) is 0 Å². The molecule has 1 fully saturated rings. The molecule has 1 rings (SSSR count). The molecule has 0 unspecified atom stereocenters. The lowest BCUT2D eigenvalue weighted by atomic mass is 10.4. The topological polar surface area (TPSA) is 29.5 Å². The van der Waals surface area contributed by atoms with E-state index in [9.17, 15) is 4.79 Å². The Bertz CT molecular complexity index is 170. The zero-order valence-electron chi connectivity index (χ0n) is 8.83. The molecule has 1 heterocycles. The van der Waals surface area contributed by atoms with Gasteiger partial charge in [0.05, 0.1) is 19.0 Å². The van der Waals surface area contributed by atoms with Gasteiger partial charge in [0, 0.05) is 13.1 Å². The highest BCUT2D eigenvalue weighted by Crippen LogP contribution is 2.07. The van der Waals surface area contributed by atoms with Crippen LogP contribution in [0, 0.1) is 0 Å². The van der Waals surface area contributed by atoms with E-state index in [1.54, 1.807) is 11.8 Å². The fourth-order valence-electron chi connectivity index (χ4n) is 1.31. The van der Waals surface area contributed by atoms with Crippen molar-refractivity contribution in [3.63, 3.8) is 0 Å². The minimum absolute atomic E-state index is 0.273. The summed E-state index contributed by atoms with van der Waals surface area (Å²) in [7, 11) is 0. The van der Waals surface area contributed by atoms with E-state index in [1.807, 2.05) is 4.90 Å². The van der Waals surface area contributed by atoms with E-state index in [4.69, 9.17) is 4.74 Å². The van der Waals surface area contributed by atoms with Gasteiger partial charge in [-0.25, -0.2) is 0 Å².